The van der Waals surface area contributed by atoms with Crippen molar-refractivity contribution in [1.82, 2.24) is 0 Å². The molecule has 1 saturated carbocycles. The number of benzene rings is 2. The zero-order valence-electron chi connectivity index (χ0n) is 13.6. The zero-order valence-corrected chi connectivity index (χ0v) is 13.6. The summed E-state index contributed by atoms with van der Waals surface area (Å²) in [6.07, 6.45) is 7.70. The lowest BCUT2D eigenvalue weighted by atomic mass is 9.66. The lowest BCUT2D eigenvalue weighted by molar-refractivity contribution is 0.277. The van der Waals surface area contributed by atoms with E-state index in [0.29, 0.717) is 12.3 Å². The fraction of sp³-hybridized carbons (Fsp3) is 0.273. The second kappa shape index (κ2) is 6.93. The summed E-state index contributed by atoms with van der Waals surface area (Å²) in [4.78, 5) is 0. The van der Waals surface area contributed by atoms with Gasteiger partial charge < -0.3 is 10.8 Å². The molecule has 1 aliphatic rings. The van der Waals surface area contributed by atoms with Gasteiger partial charge in [0.15, 0.2) is 0 Å². The highest BCUT2D eigenvalue weighted by molar-refractivity contribution is 5.64. The van der Waals surface area contributed by atoms with E-state index in [9.17, 15) is 0 Å². The van der Waals surface area contributed by atoms with Crippen LogP contribution in [0.1, 0.15) is 36.3 Å². The Balaban J connectivity index is 1.68. The van der Waals surface area contributed by atoms with E-state index in [1.165, 1.54) is 16.7 Å². The highest BCUT2D eigenvalue weighted by Crippen LogP contribution is 2.43. The largest absolute Gasteiger partial charge is 0.395 e. The van der Waals surface area contributed by atoms with E-state index in [1.807, 2.05) is 12.1 Å². The van der Waals surface area contributed by atoms with Crippen LogP contribution >= 0.6 is 0 Å². The lowest BCUT2D eigenvalue weighted by Gasteiger charge is -2.41. The van der Waals surface area contributed by atoms with E-state index in [1.54, 1.807) is 0 Å². The third-order valence-electron chi connectivity index (χ3n) is 4.58. The minimum Gasteiger partial charge on any atom is -0.395 e. The van der Waals surface area contributed by atoms with Crippen molar-refractivity contribution >= 4 is 0 Å². The lowest BCUT2D eigenvalue weighted by Crippen LogP contribution is -2.49. The van der Waals surface area contributed by atoms with Gasteiger partial charge in [-0.25, -0.2) is 0 Å². The Morgan fingerprint density at radius 1 is 1.04 bits per heavy atom. The van der Waals surface area contributed by atoms with Crippen LogP contribution in [0.5, 0.6) is 0 Å². The fourth-order valence-electron chi connectivity index (χ4n) is 3.09. The van der Waals surface area contributed by atoms with Gasteiger partial charge in [0, 0.05) is 12.0 Å². The van der Waals surface area contributed by atoms with Gasteiger partial charge in [-0.15, -0.1) is 6.42 Å². The molecule has 1 aliphatic carbocycles. The molecular formula is C22H21NO. The summed E-state index contributed by atoms with van der Waals surface area (Å²) in [7, 11) is 0. The summed E-state index contributed by atoms with van der Waals surface area (Å²) in [5.41, 5.74) is 10.3. The summed E-state index contributed by atoms with van der Waals surface area (Å²) >= 11 is 0. The molecule has 0 aromatic heterocycles. The van der Waals surface area contributed by atoms with Crippen molar-refractivity contribution < 1.29 is 5.11 Å². The maximum absolute atomic E-state index is 8.74. The Hall–Kier alpha value is -2.52. The monoisotopic (exact) mass is 315 g/mol. The normalized spacial score (nSPS) is 22.0. The van der Waals surface area contributed by atoms with Gasteiger partial charge in [-0.1, -0.05) is 54.2 Å². The molecule has 0 heterocycles. The van der Waals surface area contributed by atoms with E-state index in [2.05, 4.69) is 54.2 Å². The molecule has 2 aromatic rings. The van der Waals surface area contributed by atoms with Gasteiger partial charge in [-0.3, -0.25) is 0 Å². The third-order valence-corrected chi connectivity index (χ3v) is 4.58. The van der Waals surface area contributed by atoms with Crippen molar-refractivity contribution in [3.05, 3.63) is 59.7 Å². The predicted octanol–water partition coefficient (Wildman–Crippen LogP) is 3.30. The smallest absolute Gasteiger partial charge is 0.0785 e. The minimum atomic E-state index is -0.407. The van der Waals surface area contributed by atoms with Crippen LogP contribution in [0.3, 0.4) is 0 Å². The van der Waals surface area contributed by atoms with Crippen LogP contribution in [0.2, 0.25) is 0 Å². The van der Waals surface area contributed by atoms with Crippen molar-refractivity contribution in [1.29, 1.82) is 0 Å². The molecule has 2 heteroatoms. The van der Waals surface area contributed by atoms with Crippen LogP contribution in [0.4, 0.5) is 0 Å². The molecule has 24 heavy (non-hydrogen) atoms. The van der Waals surface area contributed by atoms with Crippen LogP contribution in [0.15, 0.2) is 48.5 Å². The molecule has 0 spiro atoms. The maximum atomic E-state index is 8.74. The van der Waals surface area contributed by atoms with Gasteiger partial charge >= 0.3 is 0 Å². The molecule has 3 rings (SSSR count). The van der Waals surface area contributed by atoms with Crippen LogP contribution in [0, 0.1) is 24.2 Å². The van der Waals surface area contributed by atoms with E-state index in [0.717, 1.165) is 18.4 Å². The number of terminal acetylenes is 1. The number of aliphatic hydroxyl groups excluding tert-OH is 1. The number of hydrogen-bond donors (Lipinski definition) is 2. The molecule has 0 atom stereocenters. The van der Waals surface area contributed by atoms with Gasteiger partial charge in [0.2, 0.25) is 0 Å². The van der Waals surface area contributed by atoms with Crippen molar-refractivity contribution in [3.63, 3.8) is 0 Å². The first kappa shape index (κ1) is 16.3. The predicted molar refractivity (Wildman–Crippen MR) is 98.2 cm³/mol. The van der Waals surface area contributed by atoms with Gasteiger partial charge in [0.05, 0.1) is 12.1 Å². The second-order valence-corrected chi connectivity index (χ2v) is 6.38. The summed E-state index contributed by atoms with van der Waals surface area (Å²) in [5, 5.41) is 8.74. The van der Waals surface area contributed by atoms with Crippen molar-refractivity contribution in [2.45, 2.75) is 30.7 Å². The quantitative estimate of drug-likeness (QED) is 0.854. The topological polar surface area (TPSA) is 46.2 Å². The van der Waals surface area contributed by atoms with Gasteiger partial charge in [0.1, 0.15) is 0 Å². The second-order valence-electron chi connectivity index (χ2n) is 6.38. The number of aliphatic hydroxyl groups is 1. The molecular weight excluding hydrogens is 294 g/mol. The number of nitrogens with two attached hydrogens (primary N) is 1. The molecule has 120 valence electrons. The molecule has 0 radical (unpaired) electrons. The van der Waals surface area contributed by atoms with Crippen molar-refractivity contribution in [3.8, 4) is 35.3 Å². The first-order valence-corrected chi connectivity index (χ1v) is 8.20. The molecule has 2 aromatic carbocycles. The van der Waals surface area contributed by atoms with E-state index in [4.69, 9.17) is 17.3 Å². The standard InChI is InChI=1S/C22H21NO/c1-2-22(23)15-21(16-22)20-12-10-19(11-13-20)18-8-6-17(7-9-18)5-3-4-14-24/h1,6-13,21,24H,4,14-16,23H2. The molecule has 0 amide bonds. The Bertz CT molecular complexity index is 794. The van der Waals surface area contributed by atoms with Gasteiger partial charge in [-0.05, 0) is 47.6 Å². The SMILES string of the molecule is C#CC1(N)CC(c2ccc(-c3ccc(C#CCCO)cc3)cc2)C1. The van der Waals surface area contributed by atoms with Crippen LogP contribution in [-0.4, -0.2) is 17.3 Å². The number of rotatable bonds is 3. The molecule has 2 nitrogen and oxygen atoms in total. The van der Waals surface area contributed by atoms with E-state index < -0.39 is 5.54 Å². The van der Waals surface area contributed by atoms with Crippen LogP contribution < -0.4 is 5.73 Å². The highest BCUT2D eigenvalue weighted by atomic mass is 16.2. The third kappa shape index (κ3) is 3.52. The molecule has 0 aliphatic heterocycles. The first-order chi connectivity index (χ1) is 11.6. The van der Waals surface area contributed by atoms with Crippen LogP contribution in [0.25, 0.3) is 11.1 Å². The molecule has 0 saturated heterocycles. The Labute approximate surface area is 143 Å². The highest BCUT2D eigenvalue weighted by Gasteiger charge is 2.40. The fourth-order valence-corrected chi connectivity index (χ4v) is 3.09. The van der Waals surface area contributed by atoms with Crippen LogP contribution in [-0.2, 0) is 0 Å². The molecule has 0 bridgehead atoms. The summed E-state index contributed by atoms with van der Waals surface area (Å²) in [6, 6.07) is 16.8. The summed E-state index contributed by atoms with van der Waals surface area (Å²) in [6.45, 7) is 0.102. The molecule has 1 fully saturated rings. The Kier molecular flexibility index (Phi) is 4.72. The average Bonchev–Trinajstić information content (AvgIpc) is 2.60. The Morgan fingerprint density at radius 3 is 2.17 bits per heavy atom. The van der Waals surface area contributed by atoms with Crippen molar-refractivity contribution in [2.75, 3.05) is 6.61 Å². The minimum absolute atomic E-state index is 0.102. The molecule has 0 unspecified atom stereocenters. The zero-order chi connectivity index (χ0) is 17.0. The molecule has 3 N–H and O–H groups in total. The van der Waals surface area contributed by atoms with Crippen molar-refractivity contribution in [2.24, 2.45) is 5.73 Å². The average molecular weight is 315 g/mol. The maximum Gasteiger partial charge on any atom is 0.0785 e. The first-order valence-electron chi connectivity index (χ1n) is 8.20. The van der Waals surface area contributed by atoms with Gasteiger partial charge in [-0.2, -0.15) is 0 Å². The number of hydrogen-bond acceptors (Lipinski definition) is 2. The Morgan fingerprint density at radius 2 is 1.62 bits per heavy atom. The summed E-state index contributed by atoms with van der Waals surface area (Å²) in [5.74, 6) is 9.14. The summed E-state index contributed by atoms with van der Waals surface area (Å²) < 4.78 is 0. The van der Waals surface area contributed by atoms with E-state index >= 15 is 0 Å². The van der Waals surface area contributed by atoms with E-state index in [-0.39, 0.29) is 6.61 Å². The van der Waals surface area contributed by atoms with Gasteiger partial charge in [0.25, 0.3) is 0 Å².